The number of allylic oxidation sites excluding steroid dienone is 2. The predicted molar refractivity (Wildman–Crippen MR) is 59.4 cm³/mol. The highest BCUT2D eigenvalue weighted by Gasteiger charge is 2.38. The molecular formula is C10H10F3N4O+. The minimum Gasteiger partial charge on any atom is -0.395 e. The lowest BCUT2D eigenvalue weighted by Crippen LogP contribution is -2.10. The molecule has 0 fully saturated rings. The summed E-state index contributed by atoms with van der Waals surface area (Å²) in [5.74, 6) is 0.360. The van der Waals surface area contributed by atoms with Crippen molar-refractivity contribution in [3.63, 3.8) is 0 Å². The number of nitrogen functional groups attached to an aromatic ring is 1. The second-order valence-corrected chi connectivity index (χ2v) is 3.79. The molecular weight excluding hydrogens is 249 g/mol. The maximum atomic E-state index is 12.6. The lowest BCUT2D eigenvalue weighted by molar-refractivity contribution is -0.140. The molecule has 1 aromatic heterocycles. The van der Waals surface area contributed by atoms with Gasteiger partial charge in [-0.1, -0.05) is 11.1 Å². The van der Waals surface area contributed by atoms with Crippen LogP contribution >= 0.6 is 0 Å². The van der Waals surface area contributed by atoms with Crippen molar-refractivity contribution in [2.75, 3.05) is 5.73 Å². The zero-order chi connectivity index (χ0) is 13.5. The third kappa shape index (κ3) is 2.13. The molecule has 18 heavy (non-hydrogen) atoms. The predicted octanol–water partition coefficient (Wildman–Crippen LogP) is 2.51. The van der Waals surface area contributed by atoms with Crippen LogP contribution in [-0.4, -0.2) is 9.78 Å². The van der Waals surface area contributed by atoms with Crippen LogP contribution < -0.4 is 5.73 Å². The van der Waals surface area contributed by atoms with Gasteiger partial charge in [0, 0.05) is 0 Å². The van der Waals surface area contributed by atoms with Crippen LogP contribution in [0.4, 0.5) is 18.9 Å². The largest absolute Gasteiger partial charge is 0.437 e. The topological polar surface area (TPSA) is 67.5 Å². The van der Waals surface area contributed by atoms with Crippen LogP contribution in [0.3, 0.4) is 0 Å². The summed E-state index contributed by atoms with van der Waals surface area (Å²) in [5.41, 5.74) is 4.55. The standard InChI is InChI=1S/C10H10F3N4O/c1-5-3-7(18-16-5)4-17-6(2)8(14)9(15-17)10(11,12)13/h3H,1,4,14H2,2H3/q+1. The SMILES string of the molecule is C=C1C=C(Cn2nc(C(F)(F)F)c(N)c2C)[O+]=N1. The number of anilines is 1. The highest BCUT2D eigenvalue weighted by molar-refractivity contribution is 5.49. The van der Waals surface area contributed by atoms with Crippen LogP contribution in [0.15, 0.2) is 29.3 Å². The number of hydrogen-bond acceptors (Lipinski definition) is 3. The number of nitrogens with two attached hydrogens (primary N) is 1. The quantitative estimate of drug-likeness (QED) is 0.829. The van der Waals surface area contributed by atoms with Crippen LogP contribution in [0.1, 0.15) is 11.4 Å². The Kier molecular flexibility index (Phi) is 2.72. The Labute approximate surface area is 100 Å². The van der Waals surface area contributed by atoms with Crippen LogP contribution in [0.5, 0.6) is 0 Å². The Morgan fingerprint density at radius 3 is 2.61 bits per heavy atom. The molecule has 2 heterocycles. The molecule has 2 N–H and O–H groups in total. The van der Waals surface area contributed by atoms with E-state index in [1.807, 2.05) is 0 Å². The molecule has 0 spiro atoms. The fourth-order valence-electron chi connectivity index (χ4n) is 1.50. The molecule has 1 aliphatic heterocycles. The highest BCUT2D eigenvalue weighted by Crippen LogP contribution is 2.34. The lowest BCUT2D eigenvalue weighted by Gasteiger charge is -2.01. The number of halogens is 3. The molecule has 0 aliphatic carbocycles. The van der Waals surface area contributed by atoms with Crippen molar-refractivity contribution in [2.45, 2.75) is 19.6 Å². The van der Waals surface area contributed by atoms with Crippen molar-refractivity contribution in [3.8, 4) is 0 Å². The normalized spacial score (nSPS) is 15.3. The molecule has 0 aromatic carbocycles. The van der Waals surface area contributed by atoms with E-state index >= 15 is 0 Å². The Morgan fingerprint density at radius 2 is 2.17 bits per heavy atom. The zero-order valence-electron chi connectivity index (χ0n) is 9.45. The molecule has 5 nitrogen and oxygen atoms in total. The number of rotatable bonds is 2. The fourth-order valence-corrected chi connectivity index (χ4v) is 1.50. The van der Waals surface area contributed by atoms with Crippen LogP contribution in [-0.2, 0) is 12.7 Å². The van der Waals surface area contributed by atoms with Crippen molar-refractivity contribution in [3.05, 3.63) is 40.0 Å². The van der Waals surface area contributed by atoms with Gasteiger partial charge in [-0.3, -0.25) is 4.68 Å². The summed E-state index contributed by atoms with van der Waals surface area (Å²) in [6.07, 6.45) is -3.05. The van der Waals surface area contributed by atoms with Crippen molar-refractivity contribution in [1.82, 2.24) is 9.78 Å². The van der Waals surface area contributed by atoms with Crippen molar-refractivity contribution in [2.24, 2.45) is 5.18 Å². The van der Waals surface area contributed by atoms with E-state index in [4.69, 9.17) is 10.3 Å². The van der Waals surface area contributed by atoms with E-state index in [1.165, 1.54) is 13.0 Å². The molecule has 0 unspecified atom stereocenters. The number of aromatic nitrogens is 2. The maximum Gasteiger partial charge on any atom is 0.437 e. The van der Waals surface area contributed by atoms with Crippen LogP contribution in [0, 0.1) is 11.5 Å². The summed E-state index contributed by atoms with van der Waals surface area (Å²) >= 11 is 0. The summed E-state index contributed by atoms with van der Waals surface area (Å²) in [7, 11) is 0. The van der Waals surface area contributed by atoms with Gasteiger partial charge in [-0.15, -0.1) is 0 Å². The van der Waals surface area contributed by atoms with Gasteiger partial charge >= 0.3 is 11.9 Å². The van der Waals surface area contributed by atoms with Crippen LogP contribution in [0.2, 0.25) is 0 Å². The van der Waals surface area contributed by atoms with Gasteiger partial charge < -0.3 is 5.73 Å². The van der Waals surface area contributed by atoms with E-state index in [0.29, 0.717) is 11.5 Å². The summed E-state index contributed by atoms with van der Waals surface area (Å²) in [5, 5.41) is 6.98. The average Bonchev–Trinajstić information content (AvgIpc) is 2.76. The first-order valence-corrected chi connectivity index (χ1v) is 4.96. The van der Waals surface area contributed by atoms with Gasteiger partial charge in [-0.2, -0.15) is 18.3 Å². The molecule has 0 saturated carbocycles. The summed E-state index contributed by atoms with van der Waals surface area (Å²) in [6.45, 7) is 5.01. The lowest BCUT2D eigenvalue weighted by atomic mass is 10.3. The second-order valence-electron chi connectivity index (χ2n) is 3.79. The van der Waals surface area contributed by atoms with Gasteiger partial charge in [0.2, 0.25) is 0 Å². The third-order valence-electron chi connectivity index (χ3n) is 2.43. The molecule has 96 valence electrons. The van der Waals surface area contributed by atoms with E-state index in [1.54, 1.807) is 0 Å². The molecule has 0 amide bonds. The number of nitroso groups, excluding NO2 is 1. The summed E-state index contributed by atoms with van der Waals surface area (Å²) in [6, 6.07) is 0. The first-order valence-electron chi connectivity index (χ1n) is 4.96. The number of nitrogens with zero attached hydrogens (tertiary/aromatic N) is 3. The van der Waals surface area contributed by atoms with E-state index in [-0.39, 0.29) is 17.9 Å². The van der Waals surface area contributed by atoms with E-state index in [0.717, 1.165) is 4.68 Å². The third-order valence-corrected chi connectivity index (χ3v) is 2.43. The van der Waals surface area contributed by atoms with Gasteiger partial charge in [0.1, 0.15) is 0 Å². The van der Waals surface area contributed by atoms with Gasteiger partial charge in [-0.05, 0) is 6.92 Å². The Bertz CT molecular complexity index is 568. The monoisotopic (exact) mass is 259 g/mol. The summed E-state index contributed by atoms with van der Waals surface area (Å²) < 4.78 is 43.7. The minimum absolute atomic E-state index is 0.0225. The maximum absolute atomic E-state index is 12.6. The van der Waals surface area contributed by atoms with Gasteiger partial charge in [0.05, 0.1) is 17.5 Å². The van der Waals surface area contributed by atoms with Crippen LogP contribution in [0.25, 0.3) is 0 Å². The second kappa shape index (κ2) is 3.97. The molecule has 0 radical (unpaired) electrons. The number of hydrogen-bond donors (Lipinski definition) is 1. The van der Waals surface area contributed by atoms with Gasteiger partial charge in [0.15, 0.2) is 23.1 Å². The Hall–Kier alpha value is -2.12. The van der Waals surface area contributed by atoms with E-state index in [9.17, 15) is 13.2 Å². The molecule has 0 bridgehead atoms. The van der Waals surface area contributed by atoms with Crippen molar-refractivity contribution in [1.29, 1.82) is 0 Å². The van der Waals surface area contributed by atoms with Crippen molar-refractivity contribution >= 4 is 5.69 Å². The molecule has 0 saturated heterocycles. The molecule has 1 aromatic rings. The Morgan fingerprint density at radius 1 is 1.50 bits per heavy atom. The Balaban J connectivity index is 2.33. The molecule has 0 atom stereocenters. The van der Waals surface area contributed by atoms with E-state index in [2.05, 4.69) is 16.9 Å². The fraction of sp³-hybridized carbons (Fsp3) is 0.300. The first kappa shape index (κ1) is 12.3. The van der Waals surface area contributed by atoms with Crippen molar-refractivity contribution < 1.29 is 13.2 Å². The average molecular weight is 259 g/mol. The molecule has 8 heteroatoms. The van der Waals surface area contributed by atoms with Gasteiger partial charge in [-0.25, -0.2) is 0 Å². The van der Waals surface area contributed by atoms with Gasteiger partial charge in [0.25, 0.3) is 0 Å². The molecule has 2 rings (SSSR count). The summed E-state index contributed by atoms with van der Waals surface area (Å²) in [4.78, 5) is 0. The highest BCUT2D eigenvalue weighted by atomic mass is 19.4. The van der Waals surface area contributed by atoms with E-state index < -0.39 is 11.9 Å². The molecule has 1 aliphatic rings. The zero-order valence-corrected chi connectivity index (χ0v) is 9.45. The smallest absolute Gasteiger partial charge is 0.395 e. The number of alkyl halides is 3. The minimum atomic E-state index is -4.57. The first-order chi connectivity index (χ1) is 8.29.